The molecule has 0 aliphatic rings. The van der Waals surface area contributed by atoms with Crippen molar-refractivity contribution in [1.82, 2.24) is 5.32 Å². The molecule has 2 aromatic rings. The van der Waals surface area contributed by atoms with E-state index >= 15 is 0 Å². The van der Waals surface area contributed by atoms with E-state index in [1.54, 1.807) is 0 Å². The van der Waals surface area contributed by atoms with Crippen molar-refractivity contribution < 1.29 is 15.0 Å². The first-order valence-corrected chi connectivity index (χ1v) is 6.56. The van der Waals surface area contributed by atoms with Crippen LogP contribution in [-0.4, -0.2) is 22.7 Å². The second-order valence-electron chi connectivity index (χ2n) is 5.09. The Morgan fingerprint density at radius 1 is 1.14 bits per heavy atom. The van der Waals surface area contributed by atoms with Crippen LogP contribution in [0.3, 0.4) is 0 Å². The van der Waals surface area contributed by atoms with Gasteiger partial charge in [-0.1, -0.05) is 30.3 Å². The Kier molecular flexibility index (Phi) is 4.14. The second kappa shape index (κ2) is 5.85. The van der Waals surface area contributed by atoms with E-state index in [1.807, 2.05) is 37.3 Å². The summed E-state index contributed by atoms with van der Waals surface area (Å²) in [5.41, 5.74) is 6.12. The minimum Gasteiger partial charge on any atom is -0.508 e. The molecule has 21 heavy (non-hydrogen) atoms. The van der Waals surface area contributed by atoms with E-state index in [1.165, 1.54) is 12.1 Å². The van der Waals surface area contributed by atoms with Crippen LogP contribution < -0.4 is 11.1 Å². The minimum absolute atomic E-state index is 0.170. The summed E-state index contributed by atoms with van der Waals surface area (Å²) in [5.74, 6) is -0.762. The zero-order valence-corrected chi connectivity index (χ0v) is 11.7. The molecule has 110 valence electrons. The quantitative estimate of drug-likeness (QED) is 0.688. The zero-order valence-electron chi connectivity index (χ0n) is 11.7. The Morgan fingerprint density at radius 2 is 1.71 bits per heavy atom. The Morgan fingerprint density at radius 3 is 2.24 bits per heavy atom. The molecule has 0 radical (unpaired) electrons. The first kappa shape index (κ1) is 14.9. The third-order valence-corrected chi connectivity index (χ3v) is 3.37. The van der Waals surface area contributed by atoms with Crippen LogP contribution in [0.15, 0.2) is 48.5 Å². The first-order chi connectivity index (χ1) is 9.94. The number of hydrogen-bond acceptors (Lipinski definition) is 4. The first-order valence-electron chi connectivity index (χ1n) is 6.56. The third-order valence-electron chi connectivity index (χ3n) is 3.37. The lowest BCUT2D eigenvalue weighted by molar-refractivity contribution is 0.0906. The van der Waals surface area contributed by atoms with Gasteiger partial charge in [-0.25, -0.2) is 0 Å². The molecule has 1 amide bonds. The summed E-state index contributed by atoms with van der Waals surface area (Å²) in [7, 11) is 0. The molecule has 0 saturated heterocycles. The number of rotatable bonds is 4. The molecule has 5 heteroatoms. The predicted molar refractivity (Wildman–Crippen MR) is 80.1 cm³/mol. The molecule has 5 N–H and O–H groups in total. The molecule has 0 aromatic heterocycles. The van der Waals surface area contributed by atoms with Crippen LogP contribution in [0.25, 0.3) is 0 Å². The van der Waals surface area contributed by atoms with Gasteiger partial charge in [0.25, 0.3) is 5.91 Å². The molecular weight excluding hydrogens is 268 g/mol. The summed E-state index contributed by atoms with van der Waals surface area (Å²) in [5, 5.41) is 21.7. The molecule has 2 rings (SSSR count). The van der Waals surface area contributed by atoms with Gasteiger partial charge in [0.2, 0.25) is 0 Å². The van der Waals surface area contributed by atoms with Crippen LogP contribution in [0.2, 0.25) is 0 Å². The Hall–Kier alpha value is -2.53. The Balaban J connectivity index is 2.28. The molecule has 0 aliphatic carbocycles. The van der Waals surface area contributed by atoms with Crippen molar-refractivity contribution in [2.45, 2.75) is 12.5 Å². The molecule has 0 saturated carbocycles. The van der Waals surface area contributed by atoms with Crippen molar-refractivity contribution in [2.24, 2.45) is 5.73 Å². The molecule has 0 bridgehead atoms. The SMILES string of the molecule is CC(CN)(NC(=O)c1cc(O)cc(O)c1)c1ccccc1. The Bertz CT molecular complexity index is 623. The van der Waals surface area contributed by atoms with E-state index in [0.717, 1.165) is 11.6 Å². The zero-order chi connectivity index (χ0) is 15.5. The van der Waals surface area contributed by atoms with Crippen molar-refractivity contribution in [3.8, 4) is 11.5 Å². The van der Waals surface area contributed by atoms with E-state index < -0.39 is 11.4 Å². The maximum absolute atomic E-state index is 12.3. The molecule has 2 aromatic carbocycles. The van der Waals surface area contributed by atoms with E-state index in [2.05, 4.69) is 5.32 Å². The van der Waals surface area contributed by atoms with Gasteiger partial charge in [0, 0.05) is 18.2 Å². The van der Waals surface area contributed by atoms with Crippen LogP contribution in [0.4, 0.5) is 0 Å². The van der Waals surface area contributed by atoms with E-state index in [4.69, 9.17) is 5.73 Å². The van der Waals surface area contributed by atoms with Gasteiger partial charge in [0.05, 0.1) is 5.54 Å². The lowest BCUT2D eigenvalue weighted by Crippen LogP contribution is -2.48. The molecule has 0 aliphatic heterocycles. The molecule has 0 heterocycles. The predicted octanol–water partition coefficient (Wildman–Crippen LogP) is 1.70. The van der Waals surface area contributed by atoms with Gasteiger partial charge in [0.15, 0.2) is 0 Å². The normalized spacial score (nSPS) is 13.4. The summed E-state index contributed by atoms with van der Waals surface area (Å²) in [6.07, 6.45) is 0. The van der Waals surface area contributed by atoms with E-state index in [0.29, 0.717) is 0 Å². The topological polar surface area (TPSA) is 95.6 Å². The number of nitrogens with one attached hydrogen (secondary N) is 1. The van der Waals surface area contributed by atoms with E-state index in [-0.39, 0.29) is 23.6 Å². The summed E-state index contributed by atoms with van der Waals surface area (Å²) in [6.45, 7) is 2.04. The number of carbonyl (C=O) groups is 1. The number of carbonyl (C=O) groups excluding carboxylic acids is 1. The van der Waals surface area contributed by atoms with Crippen molar-refractivity contribution in [1.29, 1.82) is 0 Å². The van der Waals surface area contributed by atoms with Crippen LogP contribution >= 0.6 is 0 Å². The van der Waals surface area contributed by atoms with Crippen molar-refractivity contribution in [3.05, 3.63) is 59.7 Å². The lowest BCUT2D eigenvalue weighted by atomic mass is 9.91. The van der Waals surface area contributed by atoms with Gasteiger partial charge in [-0.2, -0.15) is 0 Å². The molecule has 0 spiro atoms. The summed E-state index contributed by atoms with van der Waals surface area (Å²) >= 11 is 0. The van der Waals surface area contributed by atoms with Crippen molar-refractivity contribution >= 4 is 5.91 Å². The summed E-state index contributed by atoms with van der Waals surface area (Å²) < 4.78 is 0. The van der Waals surface area contributed by atoms with Gasteiger partial charge in [-0.05, 0) is 24.6 Å². The number of hydrogen-bond donors (Lipinski definition) is 4. The summed E-state index contributed by atoms with van der Waals surface area (Å²) in [4.78, 5) is 12.3. The number of nitrogens with two attached hydrogens (primary N) is 1. The fraction of sp³-hybridized carbons (Fsp3) is 0.188. The van der Waals surface area contributed by atoms with Crippen molar-refractivity contribution in [3.63, 3.8) is 0 Å². The highest BCUT2D eigenvalue weighted by molar-refractivity contribution is 5.95. The highest BCUT2D eigenvalue weighted by atomic mass is 16.3. The number of aromatic hydroxyl groups is 2. The third kappa shape index (κ3) is 3.32. The largest absolute Gasteiger partial charge is 0.508 e. The molecule has 0 fully saturated rings. The smallest absolute Gasteiger partial charge is 0.252 e. The highest BCUT2D eigenvalue weighted by Gasteiger charge is 2.27. The maximum Gasteiger partial charge on any atom is 0.252 e. The van der Waals surface area contributed by atoms with Gasteiger partial charge >= 0.3 is 0 Å². The Labute approximate surface area is 123 Å². The maximum atomic E-state index is 12.3. The standard InChI is InChI=1S/C16H18N2O3/c1-16(10-17,12-5-3-2-4-6-12)18-15(21)11-7-13(19)9-14(20)8-11/h2-9,19-20H,10,17H2,1H3,(H,18,21). The molecule has 1 atom stereocenters. The number of amides is 1. The highest BCUT2D eigenvalue weighted by Crippen LogP contribution is 2.23. The van der Waals surface area contributed by atoms with Crippen LogP contribution in [-0.2, 0) is 5.54 Å². The number of benzene rings is 2. The minimum atomic E-state index is -0.737. The van der Waals surface area contributed by atoms with Gasteiger partial charge in [-0.15, -0.1) is 0 Å². The average Bonchev–Trinajstić information content (AvgIpc) is 2.47. The number of phenols is 2. The van der Waals surface area contributed by atoms with Gasteiger partial charge in [0.1, 0.15) is 11.5 Å². The fourth-order valence-corrected chi connectivity index (χ4v) is 2.10. The van der Waals surface area contributed by atoms with E-state index in [9.17, 15) is 15.0 Å². The van der Waals surface area contributed by atoms with Gasteiger partial charge in [-0.3, -0.25) is 4.79 Å². The summed E-state index contributed by atoms with van der Waals surface area (Å²) in [6, 6.07) is 13.1. The molecular formula is C16H18N2O3. The molecule has 5 nitrogen and oxygen atoms in total. The molecule has 1 unspecified atom stereocenters. The average molecular weight is 286 g/mol. The second-order valence-corrected chi connectivity index (χ2v) is 5.09. The number of phenolic OH excluding ortho intramolecular Hbond substituents is 2. The lowest BCUT2D eigenvalue weighted by Gasteiger charge is -2.30. The monoisotopic (exact) mass is 286 g/mol. The van der Waals surface area contributed by atoms with Crippen LogP contribution in [0, 0.1) is 0 Å². The van der Waals surface area contributed by atoms with Crippen LogP contribution in [0.5, 0.6) is 11.5 Å². The van der Waals surface area contributed by atoms with Gasteiger partial charge < -0.3 is 21.3 Å². The fourth-order valence-electron chi connectivity index (χ4n) is 2.10. The van der Waals surface area contributed by atoms with Crippen molar-refractivity contribution in [2.75, 3.05) is 6.54 Å². The van der Waals surface area contributed by atoms with Crippen LogP contribution in [0.1, 0.15) is 22.8 Å².